The Morgan fingerprint density at radius 2 is 1.95 bits per heavy atom. The predicted molar refractivity (Wildman–Crippen MR) is 78.3 cm³/mol. The molecule has 19 heavy (non-hydrogen) atoms. The summed E-state index contributed by atoms with van der Waals surface area (Å²) in [6.07, 6.45) is 4.36. The molecule has 1 aliphatic rings. The molecule has 0 spiro atoms. The molecule has 0 aliphatic heterocycles. The van der Waals surface area contributed by atoms with Gasteiger partial charge in [0.05, 0.1) is 12.2 Å². The van der Waals surface area contributed by atoms with Crippen molar-refractivity contribution in [2.45, 2.75) is 52.1 Å². The van der Waals surface area contributed by atoms with Gasteiger partial charge in [-0.2, -0.15) is 0 Å². The van der Waals surface area contributed by atoms with Gasteiger partial charge < -0.3 is 9.84 Å². The van der Waals surface area contributed by atoms with Crippen molar-refractivity contribution in [3.63, 3.8) is 0 Å². The molecule has 1 aromatic carbocycles. The van der Waals surface area contributed by atoms with Crippen LogP contribution >= 0.6 is 0 Å². The third-order valence-corrected chi connectivity index (χ3v) is 4.41. The summed E-state index contributed by atoms with van der Waals surface area (Å²) >= 11 is 0. The maximum atomic E-state index is 11.2. The second kappa shape index (κ2) is 5.96. The summed E-state index contributed by atoms with van der Waals surface area (Å²) in [6.45, 7) is 7.10. The summed E-state index contributed by atoms with van der Waals surface area (Å²) in [5.41, 5.74) is 0.395. The lowest BCUT2D eigenvalue weighted by Gasteiger charge is -2.42. The average molecular weight is 262 g/mol. The van der Waals surface area contributed by atoms with E-state index in [1.54, 1.807) is 0 Å². The van der Waals surface area contributed by atoms with Gasteiger partial charge in [-0.25, -0.2) is 0 Å². The normalized spacial score (nSPS) is 27.5. The molecular weight excluding hydrogens is 236 g/mol. The number of benzene rings is 1. The Kier molecular flexibility index (Phi) is 4.51. The van der Waals surface area contributed by atoms with Crippen molar-refractivity contribution in [3.8, 4) is 5.75 Å². The molecule has 1 aromatic rings. The molecule has 0 radical (unpaired) electrons. The first kappa shape index (κ1) is 14.4. The van der Waals surface area contributed by atoms with Crippen molar-refractivity contribution in [1.82, 2.24) is 0 Å². The summed E-state index contributed by atoms with van der Waals surface area (Å²) in [7, 11) is 0. The molecule has 0 heterocycles. The summed E-state index contributed by atoms with van der Waals surface area (Å²) in [4.78, 5) is 0. The number of ether oxygens (including phenoxy) is 1. The second-order valence-corrected chi connectivity index (χ2v) is 5.98. The fourth-order valence-electron chi connectivity index (χ4n) is 3.43. The fourth-order valence-corrected chi connectivity index (χ4v) is 3.43. The monoisotopic (exact) mass is 262 g/mol. The Balaban J connectivity index is 2.25. The highest BCUT2D eigenvalue weighted by Crippen LogP contribution is 2.45. The van der Waals surface area contributed by atoms with Gasteiger partial charge in [0.1, 0.15) is 5.75 Å². The Hall–Kier alpha value is -1.02. The maximum absolute atomic E-state index is 11.2. The average Bonchev–Trinajstić information content (AvgIpc) is 2.40. The van der Waals surface area contributed by atoms with Crippen LogP contribution in [0.5, 0.6) is 5.75 Å². The highest BCUT2D eigenvalue weighted by atomic mass is 16.5. The predicted octanol–water partition coefficient (Wildman–Crippen LogP) is 4.12. The molecule has 1 fully saturated rings. The smallest absolute Gasteiger partial charge is 0.119 e. The molecule has 0 bridgehead atoms. The lowest BCUT2D eigenvalue weighted by molar-refractivity contribution is -0.0721. The minimum Gasteiger partial charge on any atom is -0.494 e. The number of hydrogen-bond acceptors (Lipinski definition) is 2. The first-order valence-electron chi connectivity index (χ1n) is 7.53. The van der Waals surface area contributed by atoms with Crippen LogP contribution in [0.3, 0.4) is 0 Å². The minimum absolute atomic E-state index is 0.360. The Labute approximate surface area is 116 Å². The molecular formula is C17H26O2. The quantitative estimate of drug-likeness (QED) is 0.884. The molecule has 2 heteroatoms. The third-order valence-electron chi connectivity index (χ3n) is 4.41. The summed E-state index contributed by atoms with van der Waals surface area (Å²) in [6, 6.07) is 8.02. The summed E-state index contributed by atoms with van der Waals surface area (Å²) < 4.78 is 5.47. The van der Waals surface area contributed by atoms with E-state index in [1.165, 1.54) is 6.42 Å². The van der Waals surface area contributed by atoms with E-state index >= 15 is 0 Å². The third kappa shape index (κ3) is 2.94. The van der Waals surface area contributed by atoms with E-state index in [4.69, 9.17) is 4.74 Å². The van der Waals surface area contributed by atoms with E-state index in [2.05, 4.69) is 13.8 Å². The van der Waals surface area contributed by atoms with Crippen LogP contribution in [0, 0.1) is 11.8 Å². The van der Waals surface area contributed by atoms with Crippen LogP contribution in [0.25, 0.3) is 0 Å². The SMILES string of the molecule is CCOc1ccc(C2(O)CCCCC2C(C)C)cc1. The van der Waals surface area contributed by atoms with E-state index in [0.29, 0.717) is 18.4 Å². The van der Waals surface area contributed by atoms with Gasteiger partial charge >= 0.3 is 0 Å². The fraction of sp³-hybridized carbons (Fsp3) is 0.647. The van der Waals surface area contributed by atoms with Crippen molar-refractivity contribution >= 4 is 0 Å². The summed E-state index contributed by atoms with van der Waals surface area (Å²) in [5.74, 6) is 1.75. The van der Waals surface area contributed by atoms with E-state index in [0.717, 1.165) is 30.6 Å². The zero-order valence-electron chi connectivity index (χ0n) is 12.4. The molecule has 2 atom stereocenters. The Bertz CT molecular complexity index is 396. The first-order chi connectivity index (χ1) is 9.08. The number of hydrogen-bond donors (Lipinski definition) is 1. The highest BCUT2D eigenvalue weighted by molar-refractivity contribution is 5.31. The lowest BCUT2D eigenvalue weighted by Crippen LogP contribution is -2.40. The minimum atomic E-state index is -0.656. The molecule has 2 nitrogen and oxygen atoms in total. The van der Waals surface area contributed by atoms with Crippen LogP contribution in [0.15, 0.2) is 24.3 Å². The van der Waals surface area contributed by atoms with Crippen LogP contribution in [-0.2, 0) is 5.60 Å². The first-order valence-corrected chi connectivity index (χ1v) is 7.53. The molecule has 2 unspecified atom stereocenters. The van der Waals surface area contributed by atoms with Gasteiger partial charge in [0.25, 0.3) is 0 Å². The lowest BCUT2D eigenvalue weighted by atomic mass is 9.67. The van der Waals surface area contributed by atoms with Crippen molar-refractivity contribution in [2.24, 2.45) is 11.8 Å². The molecule has 106 valence electrons. The van der Waals surface area contributed by atoms with Crippen molar-refractivity contribution in [1.29, 1.82) is 0 Å². The van der Waals surface area contributed by atoms with E-state index in [1.807, 2.05) is 31.2 Å². The van der Waals surface area contributed by atoms with Crippen LogP contribution < -0.4 is 4.74 Å². The van der Waals surface area contributed by atoms with Crippen LogP contribution in [0.2, 0.25) is 0 Å². The van der Waals surface area contributed by atoms with Crippen molar-refractivity contribution in [3.05, 3.63) is 29.8 Å². The van der Waals surface area contributed by atoms with Gasteiger partial charge in [0.2, 0.25) is 0 Å². The zero-order valence-corrected chi connectivity index (χ0v) is 12.4. The number of rotatable bonds is 4. The van der Waals surface area contributed by atoms with Crippen molar-refractivity contribution in [2.75, 3.05) is 6.61 Å². The maximum Gasteiger partial charge on any atom is 0.119 e. The van der Waals surface area contributed by atoms with Crippen LogP contribution in [0.1, 0.15) is 52.0 Å². The Morgan fingerprint density at radius 1 is 1.26 bits per heavy atom. The van der Waals surface area contributed by atoms with Gasteiger partial charge in [-0.1, -0.05) is 38.8 Å². The molecule has 2 rings (SSSR count). The Morgan fingerprint density at radius 3 is 2.53 bits per heavy atom. The van der Waals surface area contributed by atoms with Gasteiger partial charge in [0.15, 0.2) is 0 Å². The molecule has 1 saturated carbocycles. The highest BCUT2D eigenvalue weighted by Gasteiger charge is 2.41. The largest absolute Gasteiger partial charge is 0.494 e. The van der Waals surface area contributed by atoms with E-state index in [9.17, 15) is 5.11 Å². The van der Waals surface area contributed by atoms with Gasteiger partial charge in [0, 0.05) is 0 Å². The molecule has 0 aromatic heterocycles. The van der Waals surface area contributed by atoms with Gasteiger partial charge in [-0.15, -0.1) is 0 Å². The zero-order chi connectivity index (χ0) is 13.9. The topological polar surface area (TPSA) is 29.5 Å². The van der Waals surface area contributed by atoms with Crippen LogP contribution in [0.4, 0.5) is 0 Å². The van der Waals surface area contributed by atoms with Gasteiger partial charge in [-0.05, 0) is 49.3 Å². The molecule has 1 aliphatic carbocycles. The standard InChI is InChI=1S/C17H26O2/c1-4-19-15-10-8-14(9-11-15)17(18)12-6-5-7-16(17)13(2)3/h8-11,13,16,18H,4-7,12H2,1-3H3. The second-order valence-electron chi connectivity index (χ2n) is 5.98. The van der Waals surface area contributed by atoms with Crippen LogP contribution in [-0.4, -0.2) is 11.7 Å². The molecule has 1 N–H and O–H groups in total. The molecule has 0 saturated heterocycles. The van der Waals surface area contributed by atoms with E-state index in [-0.39, 0.29) is 0 Å². The molecule has 0 amide bonds. The van der Waals surface area contributed by atoms with Gasteiger partial charge in [-0.3, -0.25) is 0 Å². The van der Waals surface area contributed by atoms with E-state index < -0.39 is 5.60 Å². The number of aliphatic hydroxyl groups is 1. The van der Waals surface area contributed by atoms with Crippen molar-refractivity contribution < 1.29 is 9.84 Å². The summed E-state index contributed by atoms with van der Waals surface area (Å²) in [5, 5.41) is 11.2.